The first-order valence-corrected chi connectivity index (χ1v) is 5.90. The van der Waals surface area contributed by atoms with Crippen LogP contribution in [0.1, 0.15) is 18.1 Å². The molecule has 0 fully saturated rings. The van der Waals surface area contributed by atoms with Crippen molar-refractivity contribution in [2.24, 2.45) is 0 Å². The molecule has 0 aliphatic carbocycles. The van der Waals surface area contributed by atoms with E-state index in [1.54, 1.807) is 56.8 Å². The second-order valence-corrected chi connectivity index (χ2v) is 4.63. The molecule has 1 aromatic heterocycles. The molecule has 1 atom stereocenters. The minimum absolute atomic E-state index is 0.613. The van der Waals surface area contributed by atoms with Crippen LogP contribution in [0.3, 0.4) is 0 Å². The highest BCUT2D eigenvalue weighted by Gasteiger charge is 2.26. The summed E-state index contributed by atoms with van der Waals surface area (Å²) in [6, 6.07) is 8.85. The Balaban J connectivity index is 2.43. The van der Waals surface area contributed by atoms with E-state index in [1.807, 2.05) is 0 Å². The van der Waals surface area contributed by atoms with Crippen molar-refractivity contribution in [2.45, 2.75) is 12.5 Å². The van der Waals surface area contributed by atoms with Gasteiger partial charge in [-0.1, -0.05) is 23.7 Å². The van der Waals surface area contributed by atoms with Gasteiger partial charge >= 0.3 is 0 Å². The van der Waals surface area contributed by atoms with Gasteiger partial charge in [0.05, 0.1) is 13.3 Å². The van der Waals surface area contributed by atoms with Gasteiger partial charge < -0.3 is 9.84 Å². The normalized spacial score (nSPS) is 14.0. The quantitative estimate of drug-likeness (QED) is 0.926. The van der Waals surface area contributed by atoms with E-state index < -0.39 is 5.60 Å². The number of halogens is 1. The van der Waals surface area contributed by atoms with Crippen LogP contribution in [0.15, 0.2) is 42.7 Å². The number of benzene rings is 1. The van der Waals surface area contributed by atoms with Crippen molar-refractivity contribution in [3.63, 3.8) is 0 Å². The summed E-state index contributed by atoms with van der Waals surface area (Å²) in [5.74, 6) is 0.613. The fourth-order valence-electron chi connectivity index (χ4n) is 1.74. The van der Waals surface area contributed by atoms with Gasteiger partial charge in [0.1, 0.15) is 11.4 Å². The number of rotatable bonds is 3. The number of hydrogen-bond acceptors (Lipinski definition) is 3. The molecule has 0 saturated heterocycles. The van der Waals surface area contributed by atoms with Gasteiger partial charge in [-0.05, 0) is 30.7 Å². The predicted octanol–water partition coefficient (Wildman–Crippen LogP) is 3.00. The van der Waals surface area contributed by atoms with E-state index in [-0.39, 0.29) is 0 Å². The molecular weight excluding hydrogens is 250 g/mol. The zero-order valence-corrected chi connectivity index (χ0v) is 11.0. The molecule has 4 heteroatoms. The van der Waals surface area contributed by atoms with Gasteiger partial charge in [-0.15, -0.1) is 0 Å². The first kappa shape index (κ1) is 12.9. The molecule has 0 spiro atoms. The zero-order chi connectivity index (χ0) is 13.2. The predicted molar refractivity (Wildman–Crippen MR) is 70.9 cm³/mol. The van der Waals surface area contributed by atoms with Gasteiger partial charge in [-0.25, -0.2) is 0 Å². The number of pyridine rings is 1. The molecule has 1 heterocycles. The number of ether oxygens (including phenoxy) is 1. The molecule has 2 aromatic rings. The first-order valence-electron chi connectivity index (χ1n) is 5.52. The van der Waals surface area contributed by atoms with Crippen LogP contribution in [0.25, 0.3) is 0 Å². The van der Waals surface area contributed by atoms with Crippen LogP contribution in [-0.4, -0.2) is 17.2 Å². The van der Waals surface area contributed by atoms with Crippen LogP contribution in [0.5, 0.6) is 5.75 Å². The number of hydrogen-bond donors (Lipinski definition) is 1. The maximum absolute atomic E-state index is 10.6. The average molecular weight is 264 g/mol. The van der Waals surface area contributed by atoms with Gasteiger partial charge in [-0.2, -0.15) is 0 Å². The highest BCUT2D eigenvalue weighted by molar-refractivity contribution is 6.30. The van der Waals surface area contributed by atoms with Crippen molar-refractivity contribution in [1.82, 2.24) is 4.98 Å². The standard InChI is InChI=1S/C14H14ClNO2/c1-14(17,10-3-5-12(15)6-4-10)11-7-13(18-2)9-16-8-11/h3-9,17H,1-2H3. The Morgan fingerprint density at radius 2 is 1.83 bits per heavy atom. The number of aliphatic hydroxyl groups is 1. The second kappa shape index (κ2) is 4.96. The molecule has 3 nitrogen and oxygen atoms in total. The summed E-state index contributed by atoms with van der Waals surface area (Å²) in [5.41, 5.74) is 0.290. The first-order chi connectivity index (χ1) is 8.54. The summed E-state index contributed by atoms with van der Waals surface area (Å²) in [7, 11) is 1.57. The SMILES string of the molecule is COc1cncc(C(C)(O)c2ccc(Cl)cc2)c1. The Morgan fingerprint density at radius 1 is 1.17 bits per heavy atom. The van der Waals surface area contributed by atoms with Crippen molar-refractivity contribution in [3.05, 3.63) is 58.9 Å². The van der Waals surface area contributed by atoms with E-state index in [4.69, 9.17) is 16.3 Å². The lowest BCUT2D eigenvalue weighted by molar-refractivity contribution is 0.101. The van der Waals surface area contributed by atoms with Crippen LogP contribution in [0.2, 0.25) is 5.02 Å². The lowest BCUT2D eigenvalue weighted by Gasteiger charge is -2.24. The lowest BCUT2D eigenvalue weighted by atomic mass is 9.89. The van der Waals surface area contributed by atoms with E-state index >= 15 is 0 Å². The van der Waals surface area contributed by atoms with Crippen molar-refractivity contribution < 1.29 is 9.84 Å². The fraction of sp³-hybridized carbons (Fsp3) is 0.214. The smallest absolute Gasteiger partial charge is 0.137 e. The Bertz CT molecular complexity index is 538. The molecule has 0 radical (unpaired) electrons. The van der Waals surface area contributed by atoms with Gasteiger partial charge in [0, 0.05) is 16.8 Å². The van der Waals surface area contributed by atoms with E-state index in [2.05, 4.69) is 4.98 Å². The topological polar surface area (TPSA) is 42.4 Å². The zero-order valence-electron chi connectivity index (χ0n) is 10.2. The Morgan fingerprint density at radius 3 is 2.44 bits per heavy atom. The number of nitrogens with zero attached hydrogens (tertiary/aromatic N) is 1. The molecule has 0 saturated carbocycles. The fourth-order valence-corrected chi connectivity index (χ4v) is 1.86. The number of aromatic nitrogens is 1. The molecule has 0 aliphatic rings. The lowest BCUT2D eigenvalue weighted by Crippen LogP contribution is -2.22. The molecule has 1 N–H and O–H groups in total. The summed E-state index contributed by atoms with van der Waals surface area (Å²) in [6.07, 6.45) is 3.22. The molecule has 1 unspecified atom stereocenters. The third-order valence-electron chi connectivity index (χ3n) is 2.92. The van der Waals surface area contributed by atoms with Crippen LogP contribution in [0, 0.1) is 0 Å². The summed E-state index contributed by atoms with van der Waals surface area (Å²) >= 11 is 5.84. The molecule has 18 heavy (non-hydrogen) atoms. The van der Waals surface area contributed by atoms with Gasteiger partial charge in [0.2, 0.25) is 0 Å². The van der Waals surface area contributed by atoms with Crippen LogP contribution in [-0.2, 0) is 5.60 Å². The van der Waals surface area contributed by atoms with E-state index in [0.29, 0.717) is 16.3 Å². The Hall–Kier alpha value is -1.58. The minimum atomic E-state index is -1.13. The minimum Gasteiger partial charge on any atom is -0.495 e. The van der Waals surface area contributed by atoms with Gasteiger partial charge in [-0.3, -0.25) is 4.98 Å². The molecule has 2 rings (SSSR count). The van der Waals surface area contributed by atoms with Crippen LogP contribution < -0.4 is 4.74 Å². The highest BCUT2D eigenvalue weighted by atomic mass is 35.5. The molecule has 1 aromatic carbocycles. The molecule has 0 bridgehead atoms. The number of methoxy groups -OCH3 is 1. The molecular formula is C14H14ClNO2. The van der Waals surface area contributed by atoms with Gasteiger partial charge in [0.15, 0.2) is 0 Å². The van der Waals surface area contributed by atoms with Crippen molar-refractivity contribution in [1.29, 1.82) is 0 Å². The molecule has 0 aliphatic heterocycles. The Labute approximate surface area is 111 Å². The van der Waals surface area contributed by atoms with Crippen LogP contribution >= 0.6 is 11.6 Å². The third kappa shape index (κ3) is 2.47. The molecule has 94 valence electrons. The van der Waals surface area contributed by atoms with E-state index in [0.717, 1.165) is 5.56 Å². The summed E-state index contributed by atoms with van der Waals surface area (Å²) < 4.78 is 5.11. The second-order valence-electron chi connectivity index (χ2n) is 4.19. The van der Waals surface area contributed by atoms with Crippen molar-refractivity contribution in [2.75, 3.05) is 7.11 Å². The summed E-state index contributed by atoms with van der Waals surface area (Å²) in [5, 5.41) is 11.3. The largest absolute Gasteiger partial charge is 0.495 e. The van der Waals surface area contributed by atoms with Gasteiger partial charge in [0.25, 0.3) is 0 Å². The highest BCUT2D eigenvalue weighted by Crippen LogP contribution is 2.30. The monoisotopic (exact) mass is 263 g/mol. The average Bonchev–Trinajstić information content (AvgIpc) is 2.39. The van der Waals surface area contributed by atoms with Crippen molar-refractivity contribution >= 4 is 11.6 Å². The molecule has 0 amide bonds. The summed E-state index contributed by atoms with van der Waals surface area (Å²) in [4.78, 5) is 4.05. The third-order valence-corrected chi connectivity index (χ3v) is 3.17. The van der Waals surface area contributed by atoms with E-state index in [9.17, 15) is 5.11 Å². The van der Waals surface area contributed by atoms with E-state index in [1.165, 1.54) is 0 Å². The maximum atomic E-state index is 10.6. The summed E-state index contributed by atoms with van der Waals surface area (Å²) in [6.45, 7) is 1.71. The van der Waals surface area contributed by atoms with Crippen LogP contribution in [0.4, 0.5) is 0 Å². The maximum Gasteiger partial charge on any atom is 0.137 e. The Kier molecular flexibility index (Phi) is 3.55. The van der Waals surface area contributed by atoms with Crippen molar-refractivity contribution in [3.8, 4) is 5.75 Å².